The Morgan fingerprint density at radius 1 is 1.29 bits per heavy atom. The molecule has 1 unspecified atom stereocenters. The molecule has 1 fully saturated rings. The summed E-state index contributed by atoms with van der Waals surface area (Å²) in [6, 6.07) is 11.7. The fraction of sp³-hybridized carbons (Fsp3) is 0.435. The van der Waals surface area contributed by atoms with E-state index in [0.717, 1.165) is 50.7 Å². The van der Waals surface area contributed by atoms with Crippen molar-refractivity contribution >= 4 is 23.5 Å². The fourth-order valence-corrected chi connectivity index (χ4v) is 4.34. The number of amides is 2. The van der Waals surface area contributed by atoms with E-state index in [2.05, 4.69) is 28.4 Å². The molecule has 31 heavy (non-hydrogen) atoms. The lowest BCUT2D eigenvalue weighted by atomic mass is 9.98. The molecule has 3 heterocycles. The molecule has 8 nitrogen and oxygen atoms in total. The topological polar surface area (TPSA) is 104 Å². The molecule has 0 aliphatic carbocycles. The van der Waals surface area contributed by atoms with Gasteiger partial charge in [0.1, 0.15) is 12.3 Å². The number of carbonyl (C=O) groups excluding carboxylic acids is 2. The molecule has 2 amide bonds. The van der Waals surface area contributed by atoms with Crippen LogP contribution in [0, 0.1) is 0 Å². The van der Waals surface area contributed by atoms with Crippen molar-refractivity contribution in [2.75, 3.05) is 31.1 Å². The van der Waals surface area contributed by atoms with Crippen molar-refractivity contribution in [3.05, 3.63) is 53.5 Å². The van der Waals surface area contributed by atoms with E-state index in [0.29, 0.717) is 24.6 Å². The zero-order valence-electron chi connectivity index (χ0n) is 17.8. The van der Waals surface area contributed by atoms with E-state index < -0.39 is 5.91 Å². The molecule has 1 atom stereocenters. The van der Waals surface area contributed by atoms with Crippen LogP contribution in [0.15, 0.2) is 45.8 Å². The number of furan rings is 1. The van der Waals surface area contributed by atoms with Gasteiger partial charge in [0.15, 0.2) is 11.7 Å². The number of rotatable bonds is 7. The molecule has 3 N–H and O–H groups in total. The van der Waals surface area contributed by atoms with Crippen molar-refractivity contribution in [3.8, 4) is 0 Å². The number of hydrogen-bond acceptors (Lipinski definition) is 4. The van der Waals surface area contributed by atoms with Gasteiger partial charge in [-0.2, -0.15) is 0 Å². The second kappa shape index (κ2) is 9.24. The molecule has 8 heteroatoms. The van der Waals surface area contributed by atoms with Gasteiger partial charge in [-0.05, 0) is 43.5 Å². The molecule has 4 rings (SSSR count). The Balaban J connectivity index is 1.51. The number of anilines is 1. The Bertz CT molecular complexity index is 983. The third kappa shape index (κ3) is 4.57. The van der Waals surface area contributed by atoms with Crippen molar-refractivity contribution in [1.29, 1.82) is 0 Å². The summed E-state index contributed by atoms with van der Waals surface area (Å²) in [6.07, 6.45) is 2.57. The smallest absolute Gasteiger partial charge is 0.284 e. The van der Waals surface area contributed by atoms with Gasteiger partial charge in [-0.3, -0.25) is 9.59 Å². The third-order valence-electron chi connectivity index (χ3n) is 5.87. The zero-order valence-corrected chi connectivity index (χ0v) is 17.8. The quantitative estimate of drug-likeness (QED) is 0.526. The second-order valence-corrected chi connectivity index (χ2v) is 7.94. The van der Waals surface area contributed by atoms with Gasteiger partial charge >= 0.3 is 0 Å². The molecule has 2 aliphatic rings. The molecular weight excluding hydrogens is 394 g/mol. The average Bonchev–Trinajstić information content (AvgIpc) is 3.48. The van der Waals surface area contributed by atoms with Gasteiger partial charge in [0.25, 0.3) is 5.91 Å². The minimum atomic E-state index is -0.588. The summed E-state index contributed by atoms with van der Waals surface area (Å²) >= 11 is 0. The fourth-order valence-electron chi connectivity index (χ4n) is 4.34. The molecule has 1 aromatic heterocycles. The molecule has 0 spiro atoms. The van der Waals surface area contributed by atoms with Gasteiger partial charge in [-0.15, -0.1) is 0 Å². The van der Waals surface area contributed by atoms with Gasteiger partial charge < -0.3 is 25.3 Å². The first-order valence-electron chi connectivity index (χ1n) is 10.9. The highest BCUT2D eigenvalue weighted by Crippen LogP contribution is 2.38. The summed E-state index contributed by atoms with van der Waals surface area (Å²) in [7, 11) is 0. The maximum atomic E-state index is 12.0. The molecule has 1 saturated heterocycles. The van der Waals surface area contributed by atoms with E-state index in [1.54, 1.807) is 12.1 Å². The van der Waals surface area contributed by atoms with Crippen LogP contribution in [0.3, 0.4) is 0 Å². The Labute approximate surface area is 182 Å². The van der Waals surface area contributed by atoms with Crippen molar-refractivity contribution in [2.24, 2.45) is 10.7 Å². The standard InChI is InChI=1S/C23H29N5O3/c1-2-25-23(26-14-17-9-10-20(31-17)22(24)30)28-15-16(18-6-3-4-7-19(18)28)11-13-27-12-5-8-21(27)29/h3-4,6-7,9-10,16H,2,5,8,11-15H2,1H3,(H2,24,30)(H,25,26). The molecule has 0 bridgehead atoms. The summed E-state index contributed by atoms with van der Waals surface area (Å²) in [4.78, 5) is 32.2. The van der Waals surface area contributed by atoms with Gasteiger partial charge in [0.05, 0.1) is 0 Å². The van der Waals surface area contributed by atoms with Gasteiger partial charge in [-0.1, -0.05) is 18.2 Å². The maximum absolute atomic E-state index is 12.0. The number of primary amides is 1. The van der Waals surface area contributed by atoms with Crippen LogP contribution < -0.4 is 16.0 Å². The van der Waals surface area contributed by atoms with Crippen LogP contribution in [0.2, 0.25) is 0 Å². The normalized spacial score (nSPS) is 18.5. The number of guanidine groups is 1. The number of benzene rings is 1. The Morgan fingerprint density at radius 3 is 2.84 bits per heavy atom. The zero-order chi connectivity index (χ0) is 21.8. The number of nitrogens with one attached hydrogen (secondary N) is 1. The monoisotopic (exact) mass is 423 g/mol. The summed E-state index contributed by atoms with van der Waals surface area (Å²) in [5, 5.41) is 3.37. The first-order chi connectivity index (χ1) is 15.1. The van der Waals surface area contributed by atoms with Gasteiger partial charge in [0.2, 0.25) is 5.91 Å². The van der Waals surface area contributed by atoms with E-state index >= 15 is 0 Å². The first kappa shape index (κ1) is 21.0. The first-order valence-corrected chi connectivity index (χ1v) is 10.9. The van der Waals surface area contributed by atoms with Crippen LogP contribution in [0.4, 0.5) is 5.69 Å². The highest BCUT2D eigenvalue weighted by Gasteiger charge is 2.32. The van der Waals surface area contributed by atoms with Crippen molar-refractivity contribution < 1.29 is 14.0 Å². The van der Waals surface area contributed by atoms with E-state index in [1.165, 1.54) is 5.56 Å². The number of carbonyl (C=O) groups is 2. The minimum absolute atomic E-state index is 0.137. The second-order valence-electron chi connectivity index (χ2n) is 7.94. The molecule has 164 valence electrons. The van der Waals surface area contributed by atoms with Gasteiger partial charge in [-0.25, -0.2) is 4.99 Å². The molecular formula is C23H29N5O3. The number of nitrogens with zero attached hydrogens (tertiary/aromatic N) is 3. The Hall–Kier alpha value is -3.29. The summed E-state index contributed by atoms with van der Waals surface area (Å²) in [6.45, 7) is 5.54. The van der Waals surface area contributed by atoms with Gasteiger partial charge in [0, 0.05) is 44.2 Å². The lowest BCUT2D eigenvalue weighted by Crippen LogP contribution is -2.41. The summed E-state index contributed by atoms with van der Waals surface area (Å²) in [5.74, 6) is 1.51. The maximum Gasteiger partial charge on any atom is 0.284 e. The number of hydrogen-bond donors (Lipinski definition) is 2. The summed E-state index contributed by atoms with van der Waals surface area (Å²) in [5.41, 5.74) is 7.69. The lowest BCUT2D eigenvalue weighted by molar-refractivity contribution is -0.127. The highest BCUT2D eigenvalue weighted by atomic mass is 16.3. The van der Waals surface area contributed by atoms with Crippen molar-refractivity contribution in [2.45, 2.75) is 38.6 Å². The van der Waals surface area contributed by atoms with Crippen molar-refractivity contribution in [3.63, 3.8) is 0 Å². The number of aliphatic imine (C=N–C) groups is 1. The third-order valence-corrected chi connectivity index (χ3v) is 5.87. The Kier molecular flexibility index (Phi) is 6.25. The molecule has 0 radical (unpaired) electrons. The predicted octanol–water partition coefficient (Wildman–Crippen LogP) is 2.46. The van der Waals surface area contributed by atoms with Crippen LogP contribution in [0.1, 0.15) is 54.0 Å². The number of nitrogens with two attached hydrogens (primary N) is 1. The molecule has 2 aromatic rings. The van der Waals surface area contributed by atoms with Crippen LogP contribution >= 0.6 is 0 Å². The van der Waals surface area contributed by atoms with Crippen molar-refractivity contribution in [1.82, 2.24) is 10.2 Å². The van der Waals surface area contributed by atoms with E-state index in [9.17, 15) is 9.59 Å². The molecule has 0 saturated carbocycles. The van der Waals surface area contributed by atoms with Crippen LogP contribution in [-0.2, 0) is 11.3 Å². The lowest BCUT2D eigenvalue weighted by Gasteiger charge is -2.23. The summed E-state index contributed by atoms with van der Waals surface area (Å²) < 4.78 is 5.47. The van der Waals surface area contributed by atoms with Crippen LogP contribution in [-0.4, -0.2) is 48.9 Å². The highest BCUT2D eigenvalue weighted by molar-refractivity contribution is 5.98. The largest absolute Gasteiger partial charge is 0.454 e. The van der Waals surface area contributed by atoms with Crippen LogP contribution in [0.5, 0.6) is 0 Å². The average molecular weight is 424 g/mol. The van der Waals surface area contributed by atoms with E-state index in [1.807, 2.05) is 17.9 Å². The number of para-hydroxylation sites is 1. The van der Waals surface area contributed by atoms with Crippen LogP contribution in [0.25, 0.3) is 0 Å². The molecule has 2 aliphatic heterocycles. The van der Waals surface area contributed by atoms with E-state index in [4.69, 9.17) is 15.1 Å². The number of fused-ring (bicyclic) bond motifs is 1. The SMILES string of the molecule is CCNC(=NCc1ccc(C(N)=O)o1)N1CC(CCN2CCCC2=O)c2ccccc21. The number of likely N-dealkylation sites (tertiary alicyclic amines) is 1. The Morgan fingerprint density at radius 2 is 2.13 bits per heavy atom. The van der Waals surface area contributed by atoms with E-state index in [-0.39, 0.29) is 11.7 Å². The minimum Gasteiger partial charge on any atom is -0.454 e. The predicted molar refractivity (Wildman–Crippen MR) is 119 cm³/mol. The molecule has 1 aromatic carbocycles.